The number of benzene rings is 1. The van der Waals surface area contributed by atoms with Crippen molar-refractivity contribution in [3.8, 4) is 5.75 Å². The molecule has 1 aromatic rings. The van der Waals surface area contributed by atoms with Gasteiger partial charge in [-0.15, -0.1) is 0 Å². The van der Waals surface area contributed by atoms with Crippen molar-refractivity contribution < 1.29 is 24.2 Å². The molecule has 0 aromatic heterocycles. The molecule has 3 rings (SSSR count). The molecule has 0 bridgehead atoms. The number of carbonyl (C=O) groups is 2. The quantitative estimate of drug-likeness (QED) is 0.884. The van der Waals surface area contributed by atoms with Crippen LogP contribution in [0.5, 0.6) is 5.75 Å². The summed E-state index contributed by atoms with van der Waals surface area (Å²) < 4.78 is 10.7. The number of hydrogen-bond acceptors (Lipinski definition) is 4. The topological polar surface area (TPSA) is 76.1 Å². The van der Waals surface area contributed by atoms with Crippen LogP contribution in [-0.4, -0.2) is 54.8 Å². The van der Waals surface area contributed by atoms with Crippen molar-refractivity contribution in [1.82, 2.24) is 4.90 Å². The third-order valence-corrected chi connectivity index (χ3v) is 5.19. The highest BCUT2D eigenvalue weighted by Crippen LogP contribution is 2.36. The molecule has 6 nitrogen and oxygen atoms in total. The molecule has 1 aromatic carbocycles. The molecule has 1 saturated heterocycles. The first-order chi connectivity index (χ1) is 12.1. The zero-order valence-corrected chi connectivity index (χ0v) is 14.6. The van der Waals surface area contributed by atoms with Gasteiger partial charge >= 0.3 is 5.97 Å². The van der Waals surface area contributed by atoms with E-state index in [0.717, 1.165) is 36.1 Å². The van der Waals surface area contributed by atoms with E-state index < -0.39 is 5.97 Å². The van der Waals surface area contributed by atoms with E-state index in [0.29, 0.717) is 26.1 Å². The summed E-state index contributed by atoms with van der Waals surface area (Å²) in [7, 11) is 1.61. The number of rotatable bonds is 5. The molecule has 1 unspecified atom stereocenters. The lowest BCUT2D eigenvalue weighted by Gasteiger charge is -2.37. The maximum Gasteiger partial charge on any atom is 0.323 e. The number of methoxy groups -OCH3 is 1. The molecule has 136 valence electrons. The molecule has 1 amide bonds. The van der Waals surface area contributed by atoms with Gasteiger partial charge in [0, 0.05) is 19.3 Å². The molecule has 1 fully saturated rings. The fraction of sp³-hybridized carbons (Fsp3) is 0.579. The molecule has 25 heavy (non-hydrogen) atoms. The van der Waals surface area contributed by atoms with Crippen LogP contribution in [0.4, 0.5) is 0 Å². The fourth-order valence-corrected chi connectivity index (χ4v) is 3.89. The summed E-state index contributed by atoms with van der Waals surface area (Å²) in [6.07, 6.45) is 4.01. The summed E-state index contributed by atoms with van der Waals surface area (Å²) in [6.45, 7) is 0.894. The average molecular weight is 347 g/mol. The maximum absolute atomic E-state index is 13.3. The Hall–Kier alpha value is -2.08. The van der Waals surface area contributed by atoms with Gasteiger partial charge in [0.1, 0.15) is 12.3 Å². The van der Waals surface area contributed by atoms with Crippen LogP contribution in [0.2, 0.25) is 0 Å². The first kappa shape index (κ1) is 17.7. The lowest BCUT2D eigenvalue weighted by Crippen LogP contribution is -2.48. The van der Waals surface area contributed by atoms with Crippen LogP contribution in [0.3, 0.4) is 0 Å². The van der Waals surface area contributed by atoms with Gasteiger partial charge in [-0.25, -0.2) is 0 Å². The minimum atomic E-state index is -0.971. The lowest BCUT2D eigenvalue weighted by atomic mass is 9.81. The lowest BCUT2D eigenvalue weighted by molar-refractivity contribution is -0.148. The normalized spacial score (nSPS) is 20.6. The second-order valence-electron chi connectivity index (χ2n) is 6.71. The smallest absolute Gasteiger partial charge is 0.323 e. The van der Waals surface area contributed by atoms with Crippen LogP contribution in [0, 0.1) is 0 Å². The second kappa shape index (κ2) is 7.87. The summed E-state index contributed by atoms with van der Waals surface area (Å²) in [5, 5.41) is 9.29. The van der Waals surface area contributed by atoms with Crippen LogP contribution in [0.1, 0.15) is 42.7 Å². The largest absolute Gasteiger partial charge is 0.497 e. The van der Waals surface area contributed by atoms with E-state index in [9.17, 15) is 14.7 Å². The molecule has 0 saturated carbocycles. The summed E-state index contributed by atoms with van der Waals surface area (Å²) in [6, 6.07) is 5.80. The summed E-state index contributed by atoms with van der Waals surface area (Å²) in [4.78, 5) is 26.2. The third-order valence-electron chi connectivity index (χ3n) is 5.19. The third kappa shape index (κ3) is 3.95. The van der Waals surface area contributed by atoms with Gasteiger partial charge in [-0.05, 0) is 55.4 Å². The Morgan fingerprint density at radius 3 is 2.72 bits per heavy atom. The van der Waals surface area contributed by atoms with Crippen molar-refractivity contribution >= 4 is 11.9 Å². The van der Waals surface area contributed by atoms with Gasteiger partial charge in [0.05, 0.1) is 13.0 Å². The first-order valence-electron chi connectivity index (χ1n) is 8.87. The minimum Gasteiger partial charge on any atom is -0.497 e. The van der Waals surface area contributed by atoms with Gasteiger partial charge in [-0.3, -0.25) is 9.59 Å². The van der Waals surface area contributed by atoms with Crippen LogP contribution in [-0.2, 0) is 20.7 Å². The van der Waals surface area contributed by atoms with Gasteiger partial charge in [0.25, 0.3) is 0 Å². The Morgan fingerprint density at radius 1 is 1.28 bits per heavy atom. The van der Waals surface area contributed by atoms with Gasteiger partial charge in [-0.1, -0.05) is 6.07 Å². The van der Waals surface area contributed by atoms with E-state index in [1.807, 2.05) is 18.2 Å². The number of amides is 1. The molecule has 1 atom stereocenters. The number of nitrogens with zero attached hydrogens (tertiary/aromatic N) is 1. The summed E-state index contributed by atoms with van der Waals surface area (Å²) in [5.74, 6) is -0.611. The Morgan fingerprint density at radius 2 is 2.04 bits per heavy atom. The van der Waals surface area contributed by atoms with Gasteiger partial charge < -0.3 is 19.5 Å². The molecule has 2 aliphatic rings. The van der Waals surface area contributed by atoms with Crippen molar-refractivity contribution in [2.45, 2.75) is 44.1 Å². The van der Waals surface area contributed by atoms with Crippen molar-refractivity contribution in [2.75, 3.05) is 26.9 Å². The molecular formula is C19H25NO5. The number of carboxylic acid groups (broad SMARTS) is 1. The Kier molecular flexibility index (Phi) is 5.58. The summed E-state index contributed by atoms with van der Waals surface area (Å²) >= 11 is 0. The maximum atomic E-state index is 13.3. The zero-order valence-electron chi connectivity index (χ0n) is 14.6. The molecule has 6 heteroatoms. The van der Waals surface area contributed by atoms with Crippen molar-refractivity contribution in [1.29, 1.82) is 0 Å². The van der Waals surface area contributed by atoms with Crippen LogP contribution in [0.15, 0.2) is 18.2 Å². The zero-order chi connectivity index (χ0) is 17.8. The monoisotopic (exact) mass is 347 g/mol. The van der Waals surface area contributed by atoms with E-state index in [-0.39, 0.29) is 24.4 Å². The number of hydrogen-bond donors (Lipinski definition) is 1. The molecule has 1 N–H and O–H groups in total. The number of carboxylic acids is 1. The predicted molar refractivity (Wildman–Crippen MR) is 91.9 cm³/mol. The van der Waals surface area contributed by atoms with Crippen molar-refractivity contribution in [2.24, 2.45) is 0 Å². The molecule has 1 aliphatic heterocycles. The van der Waals surface area contributed by atoms with Crippen molar-refractivity contribution in [3.63, 3.8) is 0 Å². The average Bonchev–Trinajstić information content (AvgIpc) is 2.65. The molecule has 0 radical (unpaired) electrons. The highest BCUT2D eigenvalue weighted by molar-refractivity contribution is 5.87. The minimum absolute atomic E-state index is 0.0617. The Bertz CT molecular complexity index is 639. The van der Waals surface area contributed by atoms with E-state index in [1.165, 1.54) is 0 Å². The second-order valence-corrected chi connectivity index (χ2v) is 6.71. The van der Waals surface area contributed by atoms with E-state index in [2.05, 4.69) is 0 Å². The number of ether oxygens (including phenoxy) is 2. The first-order valence-corrected chi connectivity index (χ1v) is 8.87. The van der Waals surface area contributed by atoms with Crippen LogP contribution < -0.4 is 4.74 Å². The Balaban J connectivity index is 1.88. The number of carbonyl (C=O) groups excluding carboxylic acids is 1. The summed E-state index contributed by atoms with van der Waals surface area (Å²) in [5.41, 5.74) is 2.14. The highest BCUT2D eigenvalue weighted by atomic mass is 16.5. The van der Waals surface area contributed by atoms with Gasteiger partial charge in [0.15, 0.2) is 0 Å². The Labute approximate surface area is 147 Å². The predicted octanol–water partition coefficient (Wildman–Crippen LogP) is 2.21. The number of aliphatic carboxylic acids is 1. The number of fused-ring (bicyclic) bond motifs is 1. The van der Waals surface area contributed by atoms with E-state index in [4.69, 9.17) is 9.47 Å². The van der Waals surface area contributed by atoms with Crippen molar-refractivity contribution in [3.05, 3.63) is 29.3 Å². The van der Waals surface area contributed by atoms with E-state index in [1.54, 1.807) is 12.0 Å². The number of aryl methyl sites for hydroxylation is 1. The van der Waals surface area contributed by atoms with Crippen LogP contribution in [0.25, 0.3) is 0 Å². The van der Waals surface area contributed by atoms with E-state index >= 15 is 0 Å². The van der Waals surface area contributed by atoms with Gasteiger partial charge in [0.2, 0.25) is 5.91 Å². The molecule has 1 heterocycles. The standard InChI is InChI=1S/C19H25NO5/c1-24-15-6-5-13-3-2-4-16(17(13)11-15)19(23)20(12-18(21)22)14-7-9-25-10-8-14/h5-6,11,14,16H,2-4,7-10,12H2,1H3,(H,21,22). The fourth-order valence-electron chi connectivity index (χ4n) is 3.89. The highest BCUT2D eigenvalue weighted by Gasteiger charge is 2.35. The SMILES string of the molecule is COc1ccc2c(c1)C(C(=O)N(CC(=O)O)C1CCOCC1)CCC2. The van der Waals surface area contributed by atoms with Gasteiger partial charge in [-0.2, -0.15) is 0 Å². The molecule has 0 spiro atoms. The molecular weight excluding hydrogens is 322 g/mol. The van der Waals surface area contributed by atoms with Crippen LogP contribution >= 0.6 is 0 Å². The molecule has 1 aliphatic carbocycles.